The maximum atomic E-state index is 6.80. The van der Waals surface area contributed by atoms with Gasteiger partial charge in [0.15, 0.2) is 0 Å². The third-order valence-electron chi connectivity index (χ3n) is 11.1. The molecule has 52 heavy (non-hydrogen) atoms. The first-order chi connectivity index (χ1) is 25.1. The van der Waals surface area contributed by atoms with Gasteiger partial charge in [-0.2, -0.15) is 17.2 Å². The Morgan fingerprint density at radius 3 is 2.19 bits per heavy atom. The molecule has 0 unspecified atom stereocenters. The number of ether oxygens (including phenoxy) is 2. The van der Waals surface area contributed by atoms with Gasteiger partial charge in [0.2, 0.25) is 0 Å². The van der Waals surface area contributed by atoms with E-state index < -0.39 is 5.41 Å². The van der Waals surface area contributed by atoms with Crippen LogP contribution in [0.4, 0.5) is 0 Å². The molecule has 3 heterocycles. The van der Waals surface area contributed by atoms with Crippen LogP contribution < -0.4 is 9.47 Å². The number of hydrogen-bond acceptors (Lipinski definition) is 4. The van der Waals surface area contributed by atoms with Gasteiger partial charge in [-0.15, -0.1) is 41.5 Å². The van der Waals surface area contributed by atoms with Crippen molar-refractivity contribution in [3.63, 3.8) is 0 Å². The van der Waals surface area contributed by atoms with Crippen LogP contribution in [-0.2, 0) is 26.5 Å². The van der Waals surface area contributed by atoms with Gasteiger partial charge in [0.1, 0.15) is 11.5 Å². The van der Waals surface area contributed by atoms with Gasteiger partial charge < -0.3 is 9.47 Å². The number of hydrogen-bond donors (Lipinski definition) is 0. The van der Waals surface area contributed by atoms with E-state index >= 15 is 0 Å². The Morgan fingerprint density at radius 2 is 1.46 bits per heavy atom. The predicted octanol–water partition coefficient (Wildman–Crippen LogP) is 10.8. The Kier molecular flexibility index (Phi) is 8.01. The molecule has 7 aromatic rings. The second kappa shape index (κ2) is 12.8. The van der Waals surface area contributed by atoms with E-state index in [-0.39, 0.29) is 21.1 Å². The van der Waals surface area contributed by atoms with Gasteiger partial charge in [-0.1, -0.05) is 60.7 Å². The van der Waals surface area contributed by atoms with E-state index in [4.69, 9.17) is 19.6 Å². The van der Waals surface area contributed by atoms with Crippen molar-refractivity contribution in [1.29, 1.82) is 0 Å². The van der Waals surface area contributed by atoms with Crippen LogP contribution in [0.5, 0.6) is 23.0 Å². The monoisotopic (exact) mass is 856 g/mol. The zero-order chi connectivity index (χ0) is 34.1. The van der Waals surface area contributed by atoms with E-state index in [1.54, 1.807) is 0 Å². The number of pyridine rings is 1. The van der Waals surface area contributed by atoms with Crippen molar-refractivity contribution in [1.82, 2.24) is 14.8 Å². The Bertz CT molecular complexity index is 2380. The molecule has 2 aromatic heterocycles. The SMILES string of the molecule is Cc1cccc(C)c1-c1cc(Oc2[c-]c(C3(c4ccccn4)c4ccccc4Oc4ccccc43)ccc2)[c-]c(-n2cc3c(n2)[C@@H]2CC[C@H]3C2)c1.[Pt+2]. The minimum atomic E-state index is -0.796. The normalized spacial score (nSPS) is 17.3. The molecule has 5 aromatic carbocycles. The van der Waals surface area contributed by atoms with Crippen molar-refractivity contribution in [2.24, 2.45) is 0 Å². The van der Waals surface area contributed by atoms with Crippen molar-refractivity contribution in [2.75, 3.05) is 0 Å². The molecule has 0 radical (unpaired) electrons. The molecule has 0 amide bonds. The smallest absolute Gasteiger partial charge is 0.509 e. The summed E-state index contributed by atoms with van der Waals surface area (Å²) in [6, 6.07) is 46.7. The van der Waals surface area contributed by atoms with Crippen LogP contribution in [0.25, 0.3) is 16.8 Å². The number of nitrogens with zero attached hydrogens (tertiary/aromatic N) is 3. The first kappa shape index (κ1) is 32.6. The van der Waals surface area contributed by atoms with Crippen LogP contribution in [0.2, 0.25) is 0 Å². The van der Waals surface area contributed by atoms with E-state index in [0.717, 1.165) is 45.1 Å². The number of aromatic nitrogens is 3. The quantitative estimate of drug-likeness (QED) is 0.156. The van der Waals surface area contributed by atoms with Crippen LogP contribution in [0, 0.1) is 26.0 Å². The van der Waals surface area contributed by atoms with Crippen LogP contribution >= 0.6 is 0 Å². The molecule has 3 aliphatic rings. The van der Waals surface area contributed by atoms with Gasteiger partial charge in [0, 0.05) is 40.9 Å². The number of aryl methyl sites for hydroxylation is 2. The first-order valence-electron chi connectivity index (χ1n) is 17.8. The van der Waals surface area contributed by atoms with E-state index in [1.165, 1.54) is 47.2 Å². The molecule has 1 fully saturated rings. The van der Waals surface area contributed by atoms with E-state index in [9.17, 15) is 0 Å². The molecule has 2 aliphatic carbocycles. The van der Waals surface area contributed by atoms with Gasteiger partial charge in [-0.3, -0.25) is 9.67 Å². The Hall–Kier alpha value is -5.25. The van der Waals surface area contributed by atoms with E-state index in [0.29, 0.717) is 23.3 Å². The van der Waals surface area contributed by atoms with Crippen LogP contribution in [-0.4, -0.2) is 14.8 Å². The van der Waals surface area contributed by atoms with Crippen molar-refractivity contribution in [3.05, 3.63) is 185 Å². The summed E-state index contributed by atoms with van der Waals surface area (Å²) in [4.78, 5) is 4.97. The minimum absolute atomic E-state index is 0. The maximum Gasteiger partial charge on any atom is 2.00 e. The van der Waals surface area contributed by atoms with Crippen LogP contribution in [0.1, 0.15) is 75.9 Å². The summed E-state index contributed by atoms with van der Waals surface area (Å²) in [5, 5.41) is 5.14. The zero-order valence-corrected chi connectivity index (χ0v) is 31.1. The predicted molar refractivity (Wildman–Crippen MR) is 198 cm³/mol. The fraction of sp³-hybridized carbons (Fsp3) is 0.174. The summed E-state index contributed by atoms with van der Waals surface area (Å²) in [5.41, 5.74) is 11.2. The van der Waals surface area contributed by atoms with E-state index in [2.05, 4.69) is 98.9 Å². The molecule has 2 bridgehead atoms. The van der Waals surface area contributed by atoms with Gasteiger partial charge in [0.05, 0.1) is 16.8 Å². The summed E-state index contributed by atoms with van der Waals surface area (Å²) in [6.45, 7) is 4.33. The second-order valence-corrected chi connectivity index (χ2v) is 14.1. The second-order valence-electron chi connectivity index (χ2n) is 14.1. The Labute approximate surface area is 318 Å². The van der Waals surface area contributed by atoms with Crippen molar-refractivity contribution >= 4 is 0 Å². The van der Waals surface area contributed by atoms with Gasteiger partial charge in [-0.05, 0) is 91.2 Å². The molecule has 0 N–H and O–H groups in total. The van der Waals surface area contributed by atoms with Crippen LogP contribution in [0.3, 0.4) is 0 Å². The molecule has 1 saturated carbocycles. The van der Waals surface area contributed by atoms with Gasteiger partial charge in [0.25, 0.3) is 0 Å². The molecule has 1 aliphatic heterocycles. The fourth-order valence-corrected chi connectivity index (χ4v) is 8.92. The molecule has 0 saturated heterocycles. The molecule has 10 rings (SSSR count). The molecule has 256 valence electrons. The topological polar surface area (TPSA) is 49.2 Å². The average Bonchev–Trinajstić information content (AvgIpc) is 3.90. The van der Waals surface area contributed by atoms with Gasteiger partial charge in [-0.25, -0.2) is 0 Å². The summed E-state index contributed by atoms with van der Waals surface area (Å²) in [5.74, 6) is 3.98. The molecule has 2 atom stereocenters. The largest absolute Gasteiger partial charge is 2.00 e. The summed E-state index contributed by atoms with van der Waals surface area (Å²) in [6.07, 6.45) is 7.82. The molecule has 0 spiro atoms. The van der Waals surface area contributed by atoms with Crippen molar-refractivity contribution < 1.29 is 30.5 Å². The number of benzene rings is 5. The van der Waals surface area contributed by atoms with Crippen molar-refractivity contribution in [3.8, 4) is 39.8 Å². The van der Waals surface area contributed by atoms with Crippen molar-refractivity contribution in [2.45, 2.75) is 50.4 Å². The molecular formula is C46H35N3O2Pt. The van der Waals surface area contributed by atoms with Crippen LogP contribution in [0.15, 0.2) is 128 Å². The standard InChI is InChI=1S/C46H35N3O2.Pt/c1-29-11-9-12-30(2)44(29)33-24-35(49-28-38-31-20-21-32(23-31)45(38)48-49)27-37(25-33)50-36-14-10-13-34(26-36)46(43-19-7-8-22-47-43)39-15-3-5-17-41(39)51-42-18-6-4-16-40(42)46;/h3-19,22,24-25,28,31-32H,20-21,23H2,1-2H3;/q-2;+2/t31-,32+;/m0./s1. The fourth-order valence-electron chi connectivity index (χ4n) is 8.92. The first-order valence-corrected chi connectivity index (χ1v) is 17.8. The third-order valence-corrected chi connectivity index (χ3v) is 11.1. The summed E-state index contributed by atoms with van der Waals surface area (Å²) < 4.78 is 15.3. The molecular weight excluding hydrogens is 822 g/mol. The Morgan fingerprint density at radius 1 is 0.750 bits per heavy atom. The van der Waals surface area contributed by atoms with E-state index in [1.807, 2.05) is 59.4 Å². The maximum absolute atomic E-state index is 6.80. The molecule has 5 nitrogen and oxygen atoms in total. The number of fused-ring (bicyclic) bond motifs is 7. The zero-order valence-electron chi connectivity index (χ0n) is 28.9. The summed E-state index contributed by atoms with van der Waals surface area (Å²) in [7, 11) is 0. The molecule has 6 heteroatoms. The number of para-hydroxylation sites is 2. The minimum Gasteiger partial charge on any atom is -0.509 e. The average molecular weight is 857 g/mol. The summed E-state index contributed by atoms with van der Waals surface area (Å²) >= 11 is 0. The van der Waals surface area contributed by atoms with Gasteiger partial charge >= 0.3 is 21.1 Å². The number of rotatable bonds is 6. The Balaban J connectivity index is 0.00000360. The third kappa shape index (κ3) is 5.09.